The van der Waals surface area contributed by atoms with E-state index in [1.807, 2.05) is 4.68 Å². The quantitative estimate of drug-likeness (QED) is 0.663. The first-order valence-electron chi connectivity index (χ1n) is 11.6. The molecule has 1 saturated heterocycles. The Labute approximate surface area is 187 Å². The van der Waals surface area contributed by atoms with E-state index in [2.05, 4.69) is 10.1 Å². The van der Waals surface area contributed by atoms with Gasteiger partial charge in [-0.2, -0.15) is 5.10 Å². The lowest BCUT2D eigenvalue weighted by molar-refractivity contribution is -0.152. The summed E-state index contributed by atoms with van der Waals surface area (Å²) in [5.74, 6) is -2.43. The molecule has 1 N–H and O–H groups in total. The van der Waals surface area contributed by atoms with E-state index in [0.717, 1.165) is 19.4 Å². The fourth-order valence-electron chi connectivity index (χ4n) is 5.58. The average Bonchev–Trinajstić information content (AvgIpc) is 3.32. The Bertz CT molecular complexity index is 902. The van der Waals surface area contributed by atoms with E-state index >= 15 is 0 Å². The molecule has 2 heterocycles. The molecule has 32 heavy (non-hydrogen) atoms. The van der Waals surface area contributed by atoms with Crippen LogP contribution in [0.2, 0.25) is 0 Å². The molecule has 1 aromatic heterocycles. The number of amides is 1. The van der Waals surface area contributed by atoms with Gasteiger partial charge in [0, 0.05) is 19.6 Å². The largest absolute Gasteiger partial charge is 0.481 e. The van der Waals surface area contributed by atoms with Crippen molar-refractivity contribution < 1.29 is 19.1 Å². The molecular weight excluding hydrogens is 411 g/mol. The van der Waals surface area contributed by atoms with Crippen molar-refractivity contribution in [2.75, 3.05) is 13.1 Å². The van der Waals surface area contributed by atoms with E-state index in [1.54, 1.807) is 29.7 Å². The van der Waals surface area contributed by atoms with Crippen LogP contribution < -0.4 is 0 Å². The maximum atomic E-state index is 13.2. The number of carbonyl (C=O) groups excluding carboxylic acids is 1. The van der Waals surface area contributed by atoms with E-state index in [4.69, 9.17) is 0 Å². The van der Waals surface area contributed by atoms with Gasteiger partial charge in [-0.25, -0.2) is 9.37 Å². The maximum absolute atomic E-state index is 13.2. The number of piperidine rings is 1. The number of carboxylic acids is 1. The number of hydrogen-bond donors (Lipinski definition) is 1. The van der Waals surface area contributed by atoms with Crippen LogP contribution in [0.5, 0.6) is 0 Å². The van der Waals surface area contributed by atoms with E-state index in [0.29, 0.717) is 24.6 Å². The predicted octanol–water partition coefficient (Wildman–Crippen LogP) is 3.55. The molecule has 1 atom stereocenters. The predicted molar refractivity (Wildman–Crippen MR) is 116 cm³/mol. The second-order valence-electron chi connectivity index (χ2n) is 9.34. The molecule has 2 aliphatic rings. The van der Waals surface area contributed by atoms with Crippen LogP contribution in [0.25, 0.3) is 0 Å². The molecule has 2 aromatic rings. The summed E-state index contributed by atoms with van der Waals surface area (Å²) in [4.78, 5) is 30.9. The van der Waals surface area contributed by atoms with Crippen LogP contribution in [-0.4, -0.2) is 49.7 Å². The van der Waals surface area contributed by atoms with E-state index in [1.165, 1.54) is 44.2 Å². The van der Waals surface area contributed by atoms with E-state index in [9.17, 15) is 19.1 Å². The number of likely N-dealkylation sites (tertiary alicyclic amines) is 1. The number of carboxylic acid groups (broad SMARTS) is 1. The molecule has 8 heteroatoms. The molecule has 2 fully saturated rings. The molecule has 1 aliphatic heterocycles. The summed E-state index contributed by atoms with van der Waals surface area (Å²) in [6.45, 7) is 1.89. The molecule has 0 radical (unpaired) electrons. The smallest absolute Gasteiger partial charge is 0.316 e. The minimum absolute atomic E-state index is 0.0561. The number of rotatable bonds is 7. The van der Waals surface area contributed by atoms with Gasteiger partial charge >= 0.3 is 5.97 Å². The zero-order valence-electron chi connectivity index (χ0n) is 18.3. The van der Waals surface area contributed by atoms with Gasteiger partial charge in [0.15, 0.2) is 0 Å². The third kappa shape index (κ3) is 5.00. The average molecular weight is 443 g/mol. The van der Waals surface area contributed by atoms with Crippen molar-refractivity contribution in [1.82, 2.24) is 19.7 Å². The highest BCUT2D eigenvalue weighted by Crippen LogP contribution is 2.47. The molecule has 7 nitrogen and oxygen atoms in total. The highest BCUT2D eigenvalue weighted by Gasteiger charge is 2.44. The van der Waals surface area contributed by atoms with Crippen molar-refractivity contribution in [1.29, 1.82) is 0 Å². The van der Waals surface area contributed by atoms with Gasteiger partial charge in [-0.15, -0.1) is 0 Å². The van der Waals surface area contributed by atoms with Gasteiger partial charge in [-0.05, 0) is 61.1 Å². The number of aromatic nitrogens is 3. The van der Waals surface area contributed by atoms with E-state index in [-0.39, 0.29) is 23.6 Å². The molecule has 1 amide bonds. The van der Waals surface area contributed by atoms with Crippen LogP contribution in [0, 0.1) is 23.1 Å². The number of nitrogens with zero attached hydrogens (tertiary/aromatic N) is 4. The van der Waals surface area contributed by atoms with Gasteiger partial charge in [0.25, 0.3) is 0 Å². The van der Waals surface area contributed by atoms with Crippen molar-refractivity contribution in [3.05, 3.63) is 48.3 Å². The highest BCUT2D eigenvalue weighted by molar-refractivity contribution is 5.97. The van der Waals surface area contributed by atoms with Crippen LogP contribution in [0.3, 0.4) is 0 Å². The third-order valence-electron chi connectivity index (χ3n) is 7.43. The Hall–Kier alpha value is -2.77. The monoisotopic (exact) mass is 442 g/mol. The van der Waals surface area contributed by atoms with Gasteiger partial charge in [-0.3, -0.25) is 14.3 Å². The zero-order chi connectivity index (χ0) is 22.6. The summed E-state index contributed by atoms with van der Waals surface area (Å²) in [5, 5.41) is 14.1. The summed E-state index contributed by atoms with van der Waals surface area (Å²) >= 11 is 0. The number of carbonyl (C=O) groups is 2. The van der Waals surface area contributed by atoms with Crippen molar-refractivity contribution >= 4 is 11.9 Å². The van der Waals surface area contributed by atoms with Crippen LogP contribution in [0.4, 0.5) is 4.39 Å². The molecular formula is C24H31FN4O3. The van der Waals surface area contributed by atoms with Crippen LogP contribution in [0.15, 0.2) is 36.9 Å². The lowest BCUT2D eigenvalue weighted by Crippen LogP contribution is -2.51. The van der Waals surface area contributed by atoms with Gasteiger partial charge in [-0.1, -0.05) is 31.4 Å². The summed E-state index contributed by atoms with van der Waals surface area (Å²) in [6, 6.07) is 5.67. The van der Waals surface area contributed by atoms with Crippen LogP contribution in [0.1, 0.15) is 50.5 Å². The molecule has 1 aromatic carbocycles. The molecule has 4 rings (SSSR count). The maximum Gasteiger partial charge on any atom is 0.316 e. The fraction of sp³-hybridized carbons (Fsp3) is 0.583. The van der Waals surface area contributed by atoms with Gasteiger partial charge in [0.05, 0.1) is 0 Å². The number of benzene rings is 1. The molecule has 0 bridgehead atoms. The van der Waals surface area contributed by atoms with Crippen LogP contribution >= 0.6 is 0 Å². The Balaban J connectivity index is 1.45. The SMILES string of the molecule is O=C(O)C(Cc1ccc(F)cc1)C(=O)N1CCC(Cn2cncn2)(C2CCCCC2)CC1. The molecule has 1 saturated carbocycles. The second kappa shape index (κ2) is 9.79. The molecule has 1 aliphatic carbocycles. The first-order valence-corrected chi connectivity index (χ1v) is 11.6. The molecule has 0 spiro atoms. The normalized spacial score (nSPS) is 20.1. The Morgan fingerprint density at radius 2 is 1.81 bits per heavy atom. The Morgan fingerprint density at radius 1 is 1.12 bits per heavy atom. The van der Waals surface area contributed by atoms with Crippen molar-refractivity contribution in [2.24, 2.45) is 17.3 Å². The van der Waals surface area contributed by atoms with Gasteiger partial charge in [0.2, 0.25) is 5.91 Å². The summed E-state index contributed by atoms with van der Waals surface area (Å²) in [5.41, 5.74) is 0.701. The van der Waals surface area contributed by atoms with Gasteiger partial charge < -0.3 is 10.0 Å². The summed E-state index contributed by atoms with van der Waals surface area (Å²) in [6.07, 6.45) is 11.2. The van der Waals surface area contributed by atoms with Crippen molar-refractivity contribution in [3.63, 3.8) is 0 Å². The minimum Gasteiger partial charge on any atom is -0.481 e. The summed E-state index contributed by atoms with van der Waals surface area (Å²) < 4.78 is 15.1. The van der Waals surface area contributed by atoms with Crippen LogP contribution in [-0.2, 0) is 22.6 Å². The standard InChI is InChI=1S/C24H31FN4O3/c25-20-8-6-18(7-9-20)14-21(23(31)32)22(30)28-12-10-24(11-13-28,15-29-17-26-16-27-29)19-4-2-1-3-5-19/h6-9,16-17,19,21H,1-5,10-15H2,(H,31,32). The number of hydrogen-bond acceptors (Lipinski definition) is 4. The van der Waals surface area contributed by atoms with Crippen molar-refractivity contribution in [2.45, 2.75) is 57.9 Å². The Morgan fingerprint density at radius 3 is 2.41 bits per heavy atom. The lowest BCUT2D eigenvalue weighted by atomic mass is 9.63. The minimum atomic E-state index is -1.15. The molecule has 1 unspecified atom stereocenters. The van der Waals surface area contributed by atoms with Gasteiger partial charge in [0.1, 0.15) is 24.4 Å². The number of halogens is 1. The zero-order valence-corrected chi connectivity index (χ0v) is 18.3. The van der Waals surface area contributed by atoms with Crippen molar-refractivity contribution in [3.8, 4) is 0 Å². The second-order valence-corrected chi connectivity index (χ2v) is 9.34. The molecule has 172 valence electrons. The summed E-state index contributed by atoms with van der Waals surface area (Å²) in [7, 11) is 0. The topological polar surface area (TPSA) is 88.3 Å². The fourth-order valence-corrected chi connectivity index (χ4v) is 5.58. The Kier molecular flexibility index (Phi) is 6.86. The number of aliphatic carboxylic acids is 1. The first kappa shape index (κ1) is 22.4. The third-order valence-corrected chi connectivity index (χ3v) is 7.43. The van der Waals surface area contributed by atoms with E-state index < -0.39 is 11.9 Å². The highest BCUT2D eigenvalue weighted by atomic mass is 19.1. The first-order chi connectivity index (χ1) is 15.5. The lowest BCUT2D eigenvalue weighted by Gasteiger charge is -2.48.